The molecule has 2 aromatic carbocycles. The van der Waals surface area contributed by atoms with E-state index in [1.54, 1.807) is 0 Å². The van der Waals surface area contributed by atoms with Crippen LogP contribution in [-0.4, -0.2) is 129 Å². The predicted octanol–water partition coefficient (Wildman–Crippen LogP) is -1.56. The Labute approximate surface area is 270 Å². The maximum Gasteiger partial charge on any atom is 0.397 e. The second-order valence-electron chi connectivity index (χ2n) is 11.0. The topological polar surface area (TPSA) is 302 Å². The molecule has 264 valence electrons. The van der Waals surface area contributed by atoms with Gasteiger partial charge in [-0.25, -0.2) is 4.18 Å². The van der Waals surface area contributed by atoms with Crippen LogP contribution in [0.15, 0.2) is 39.5 Å². The number of methoxy groups -OCH3 is 1. The molecule has 48 heavy (non-hydrogen) atoms. The molecule has 2 fully saturated rings. The van der Waals surface area contributed by atoms with Gasteiger partial charge in [-0.05, 0) is 25.1 Å². The van der Waals surface area contributed by atoms with Gasteiger partial charge in [-0.2, -0.15) is 8.42 Å². The molecule has 0 aliphatic carbocycles. The van der Waals surface area contributed by atoms with Gasteiger partial charge in [0.2, 0.25) is 17.5 Å². The number of hydrogen-bond donors (Lipinski definition) is 9. The molecule has 2 aliphatic rings. The van der Waals surface area contributed by atoms with E-state index in [1.165, 1.54) is 32.2 Å². The quantitative estimate of drug-likeness (QED) is 0.114. The minimum atomic E-state index is -5.31. The van der Waals surface area contributed by atoms with Gasteiger partial charge < -0.3 is 69.0 Å². The van der Waals surface area contributed by atoms with Gasteiger partial charge in [0.25, 0.3) is 0 Å². The van der Waals surface area contributed by atoms with Gasteiger partial charge >= 0.3 is 10.4 Å². The molecule has 5 rings (SSSR count). The van der Waals surface area contributed by atoms with E-state index in [9.17, 15) is 58.6 Å². The van der Waals surface area contributed by atoms with Crippen molar-refractivity contribution in [2.75, 3.05) is 13.7 Å². The zero-order chi connectivity index (χ0) is 35.2. The molecule has 3 heterocycles. The number of benzene rings is 2. The highest BCUT2D eigenvalue weighted by atomic mass is 32.3. The molecule has 1 aromatic heterocycles. The first-order valence-electron chi connectivity index (χ1n) is 14.1. The molecule has 0 spiro atoms. The van der Waals surface area contributed by atoms with Crippen LogP contribution in [0.25, 0.3) is 22.3 Å². The highest BCUT2D eigenvalue weighted by Crippen LogP contribution is 2.40. The summed E-state index contributed by atoms with van der Waals surface area (Å²) in [6.07, 6.45) is -18.1. The first-order chi connectivity index (χ1) is 22.5. The number of aliphatic hydroxyl groups is 5. The second-order valence-corrected chi connectivity index (χ2v) is 12.0. The smallest absolute Gasteiger partial charge is 0.397 e. The van der Waals surface area contributed by atoms with Crippen LogP contribution in [0, 0.1) is 0 Å². The molecular formula is C28H32O19S. The first-order valence-corrected chi connectivity index (χ1v) is 15.4. The molecule has 0 saturated carbocycles. The normalized spacial score (nSPS) is 31.1. The monoisotopic (exact) mass is 704 g/mol. The van der Waals surface area contributed by atoms with Crippen LogP contribution in [0.4, 0.5) is 0 Å². The first kappa shape index (κ1) is 35.5. The Morgan fingerprint density at radius 3 is 2.21 bits per heavy atom. The van der Waals surface area contributed by atoms with Gasteiger partial charge in [0.05, 0.1) is 19.8 Å². The molecule has 0 bridgehead atoms. The Kier molecular flexibility index (Phi) is 10.1. The maximum absolute atomic E-state index is 13.8. The third-order valence-electron chi connectivity index (χ3n) is 7.70. The summed E-state index contributed by atoms with van der Waals surface area (Å²) in [7, 11) is -4.07. The van der Waals surface area contributed by atoms with Crippen molar-refractivity contribution in [2.24, 2.45) is 0 Å². The molecular weight excluding hydrogens is 672 g/mol. The van der Waals surface area contributed by atoms with E-state index in [4.69, 9.17) is 28.1 Å². The van der Waals surface area contributed by atoms with Crippen LogP contribution < -0.4 is 14.9 Å². The number of ether oxygens (including phenoxy) is 5. The number of phenolic OH excluding ortho intramolecular Hbond substituents is 3. The van der Waals surface area contributed by atoms with E-state index in [-0.39, 0.29) is 22.6 Å². The maximum atomic E-state index is 13.8. The summed E-state index contributed by atoms with van der Waals surface area (Å²) in [5.74, 6) is -2.75. The fraction of sp³-hybridized carbons (Fsp3) is 0.464. The molecule has 0 amide bonds. The van der Waals surface area contributed by atoms with Crippen LogP contribution in [0.3, 0.4) is 0 Å². The van der Waals surface area contributed by atoms with Crippen LogP contribution in [0.2, 0.25) is 0 Å². The average molecular weight is 705 g/mol. The van der Waals surface area contributed by atoms with Crippen LogP contribution in [0.5, 0.6) is 28.7 Å². The van der Waals surface area contributed by atoms with Gasteiger partial charge in [-0.1, -0.05) is 0 Å². The van der Waals surface area contributed by atoms with Gasteiger partial charge in [-0.15, -0.1) is 0 Å². The summed E-state index contributed by atoms with van der Waals surface area (Å²) in [6.45, 7) is 0.520. The number of aliphatic hydroxyl groups excluding tert-OH is 5. The SMILES string of the molecule is COc1cc(-c2oc3cc(O)cc(O)c3c(=O)c2O[C@@H]2O[C@H](CO[C@@H]3O[C@@H](C)[C@H](O)[C@@H](O)[C@H]3O)[C@@H](OS(=O)(=O)O)[C@H](O)[C@H]2O)ccc1O. The standard InChI is InChI=1S/C28H32O19S/c1-9-18(32)20(34)22(36)27(43-9)42-8-16-25(47-48(38,39)40)21(35)23(37)28(45-16)46-26-19(33)17-13(31)6-11(29)7-15(17)44-24(26)10-3-4-12(30)14(5-10)41-2/h3-7,9,16,18,20-23,25,27-32,34-37H,8H2,1-2H3,(H,38,39,40)/t9-,16+,18-,20+,21+,22+,23+,25+,27+,28-/m0/s1. The number of rotatable bonds is 9. The van der Waals surface area contributed by atoms with Crippen LogP contribution in [0.1, 0.15) is 6.92 Å². The Hall–Kier alpha value is -3.80. The summed E-state index contributed by atoms with van der Waals surface area (Å²) in [5.41, 5.74) is -1.37. The van der Waals surface area contributed by atoms with E-state index in [0.29, 0.717) is 0 Å². The van der Waals surface area contributed by atoms with Crippen LogP contribution >= 0.6 is 0 Å². The van der Waals surface area contributed by atoms with E-state index >= 15 is 0 Å². The largest absolute Gasteiger partial charge is 0.508 e. The number of aromatic hydroxyl groups is 3. The molecule has 19 nitrogen and oxygen atoms in total. The molecule has 3 aromatic rings. The summed E-state index contributed by atoms with van der Waals surface area (Å²) in [4.78, 5) is 13.8. The Balaban J connectivity index is 1.54. The lowest BCUT2D eigenvalue weighted by molar-refractivity contribution is -0.316. The summed E-state index contributed by atoms with van der Waals surface area (Å²) < 4.78 is 70.2. The highest BCUT2D eigenvalue weighted by Gasteiger charge is 2.50. The van der Waals surface area contributed by atoms with Crippen molar-refractivity contribution in [3.63, 3.8) is 0 Å². The molecule has 9 N–H and O–H groups in total. The van der Waals surface area contributed by atoms with Gasteiger partial charge in [0, 0.05) is 17.7 Å². The summed E-state index contributed by atoms with van der Waals surface area (Å²) in [5, 5.41) is 82.2. The molecule has 0 radical (unpaired) electrons. The van der Waals surface area contributed by atoms with E-state index in [2.05, 4.69) is 4.18 Å². The number of hydrogen-bond acceptors (Lipinski definition) is 18. The van der Waals surface area contributed by atoms with Crippen molar-refractivity contribution in [3.8, 4) is 40.1 Å². The van der Waals surface area contributed by atoms with Crippen molar-refractivity contribution < 1.29 is 86.1 Å². The number of fused-ring (bicyclic) bond motifs is 1. The van der Waals surface area contributed by atoms with E-state index < -0.39 is 112 Å². The minimum Gasteiger partial charge on any atom is -0.508 e. The fourth-order valence-corrected chi connectivity index (χ4v) is 5.76. The zero-order valence-electron chi connectivity index (χ0n) is 24.9. The zero-order valence-corrected chi connectivity index (χ0v) is 25.7. The van der Waals surface area contributed by atoms with E-state index in [0.717, 1.165) is 12.1 Å². The van der Waals surface area contributed by atoms with Gasteiger partial charge in [0.1, 0.15) is 65.2 Å². The van der Waals surface area contributed by atoms with Crippen molar-refractivity contribution in [1.29, 1.82) is 0 Å². The summed E-state index contributed by atoms with van der Waals surface area (Å²) >= 11 is 0. The van der Waals surface area contributed by atoms with Crippen molar-refractivity contribution in [1.82, 2.24) is 0 Å². The Bertz CT molecular complexity index is 1810. The van der Waals surface area contributed by atoms with Crippen molar-refractivity contribution >= 4 is 21.4 Å². The molecule has 2 aliphatic heterocycles. The number of phenols is 3. The summed E-state index contributed by atoms with van der Waals surface area (Å²) in [6, 6.07) is 5.54. The van der Waals surface area contributed by atoms with E-state index in [1.807, 2.05) is 0 Å². The lowest BCUT2D eigenvalue weighted by Crippen LogP contribution is -2.62. The average Bonchev–Trinajstić information content (AvgIpc) is 3.01. The lowest BCUT2D eigenvalue weighted by atomic mass is 9.98. The molecule has 2 saturated heterocycles. The van der Waals surface area contributed by atoms with Crippen molar-refractivity contribution in [3.05, 3.63) is 40.6 Å². The Morgan fingerprint density at radius 2 is 1.54 bits per heavy atom. The third-order valence-corrected chi connectivity index (χ3v) is 8.17. The van der Waals surface area contributed by atoms with Crippen molar-refractivity contribution in [2.45, 2.75) is 68.3 Å². The Morgan fingerprint density at radius 1 is 0.854 bits per heavy atom. The van der Waals surface area contributed by atoms with Gasteiger partial charge in [-0.3, -0.25) is 9.35 Å². The predicted molar refractivity (Wildman–Crippen MR) is 155 cm³/mol. The molecule has 0 unspecified atom stereocenters. The van der Waals surface area contributed by atoms with Gasteiger partial charge in [0.15, 0.2) is 23.5 Å². The highest BCUT2D eigenvalue weighted by molar-refractivity contribution is 7.80. The minimum absolute atomic E-state index is 0.0260. The molecule has 10 atom stereocenters. The third kappa shape index (κ3) is 6.99. The lowest BCUT2D eigenvalue weighted by Gasteiger charge is -2.43. The fourth-order valence-electron chi connectivity index (χ4n) is 5.24. The van der Waals surface area contributed by atoms with Crippen LogP contribution in [-0.2, 0) is 28.8 Å². The second kappa shape index (κ2) is 13.6. The molecule has 20 heteroatoms.